The lowest BCUT2D eigenvalue weighted by atomic mass is 10.3. The van der Waals surface area contributed by atoms with E-state index in [0.717, 1.165) is 0 Å². The minimum absolute atomic E-state index is 0.459. The van der Waals surface area contributed by atoms with Crippen LogP contribution in [-0.2, 0) is 6.54 Å². The molecule has 0 radical (unpaired) electrons. The summed E-state index contributed by atoms with van der Waals surface area (Å²) in [5.74, 6) is 0.459. The highest BCUT2D eigenvalue weighted by molar-refractivity contribution is 7.07. The molecule has 0 amide bonds. The summed E-state index contributed by atoms with van der Waals surface area (Å²) in [4.78, 5) is 3.83. The molecule has 5 heteroatoms. The van der Waals surface area contributed by atoms with Crippen LogP contribution in [0.5, 0.6) is 0 Å². The van der Waals surface area contributed by atoms with Crippen LogP contribution in [-0.4, -0.2) is 14.8 Å². The molecule has 2 heterocycles. The third-order valence-corrected chi connectivity index (χ3v) is 2.29. The number of thiophene rings is 1. The monoisotopic (exact) mass is 180 g/mol. The van der Waals surface area contributed by atoms with Crippen LogP contribution >= 0.6 is 11.3 Å². The Morgan fingerprint density at radius 1 is 1.58 bits per heavy atom. The number of nitrogens with two attached hydrogens (primary N) is 1. The Kier molecular flexibility index (Phi) is 1.79. The lowest BCUT2D eigenvalue weighted by Crippen LogP contribution is -2.05. The van der Waals surface area contributed by atoms with E-state index < -0.39 is 0 Å². The number of hydrogen-bond acceptors (Lipinski definition) is 4. The van der Waals surface area contributed by atoms with Gasteiger partial charge in [-0.1, -0.05) is 0 Å². The van der Waals surface area contributed by atoms with E-state index in [1.807, 2.05) is 11.4 Å². The molecular weight excluding hydrogens is 172 g/mol. The highest BCUT2D eigenvalue weighted by Gasteiger charge is 1.99. The van der Waals surface area contributed by atoms with Crippen LogP contribution in [0.2, 0.25) is 0 Å². The Hall–Kier alpha value is -1.36. The van der Waals surface area contributed by atoms with Gasteiger partial charge in [0.1, 0.15) is 6.33 Å². The zero-order valence-corrected chi connectivity index (χ0v) is 7.16. The summed E-state index contributed by atoms with van der Waals surface area (Å²) in [5, 5.41) is 8.08. The number of nitrogen functional groups attached to an aromatic ring is 1. The van der Waals surface area contributed by atoms with Crippen molar-refractivity contribution in [1.29, 1.82) is 0 Å². The lowest BCUT2D eigenvalue weighted by molar-refractivity contribution is 0.698. The van der Waals surface area contributed by atoms with Gasteiger partial charge in [-0.2, -0.15) is 16.4 Å². The van der Waals surface area contributed by atoms with E-state index in [-0.39, 0.29) is 0 Å². The van der Waals surface area contributed by atoms with Crippen LogP contribution in [0.25, 0.3) is 0 Å². The van der Waals surface area contributed by atoms with E-state index in [2.05, 4.69) is 15.5 Å². The van der Waals surface area contributed by atoms with Crippen LogP contribution in [0.3, 0.4) is 0 Å². The van der Waals surface area contributed by atoms with Crippen LogP contribution < -0.4 is 5.73 Å². The quantitative estimate of drug-likeness (QED) is 0.749. The lowest BCUT2D eigenvalue weighted by Gasteiger charge is -1.98. The van der Waals surface area contributed by atoms with Crippen LogP contribution in [0.4, 0.5) is 5.95 Å². The Balaban J connectivity index is 2.20. The van der Waals surface area contributed by atoms with Crippen molar-refractivity contribution in [2.75, 3.05) is 5.73 Å². The Morgan fingerprint density at radius 2 is 2.50 bits per heavy atom. The first kappa shape index (κ1) is 7.30. The van der Waals surface area contributed by atoms with Crippen molar-refractivity contribution < 1.29 is 0 Å². The van der Waals surface area contributed by atoms with Crippen molar-refractivity contribution in [3.05, 3.63) is 28.7 Å². The Bertz CT molecular complexity index is 351. The molecular formula is C7H8N4S. The summed E-state index contributed by atoms with van der Waals surface area (Å²) in [6.45, 7) is 0.704. The fraction of sp³-hybridized carbons (Fsp3) is 0.143. The number of rotatable bonds is 2. The maximum atomic E-state index is 5.55. The maximum absolute atomic E-state index is 5.55. The molecule has 0 aliphatic rings. The molecule has 0 spiro atoms. The van der Waals surface area contributed by atoms with Gasteiger partial charge < -0.3 is 5.73 Å². The molecule has 0 aliphatic carbocycles. The van der Waals surface area contributed by atoms with Gasteiger partial charge in [-0.25, -0.2) is 9.67 Å². The summed E-state index contributed by atoms with van der Waals surface area (Å²) in [7, 11) is 0. The highest BCUT2D eigenvalue weighted by Crippen LogP contribution is 2.08. The van der Waals surface area contributed by atoms with E-state index in [0.29, 0.717) is 12.5 Å². The van der Waals surface area contributed by atoms with Crippen LogP contribution in [0.15, 0.2) is 23.2 Å². The van der Waals surface area contributed by atoms with Crippen molar-refractivity contribution in [1.82, 2.24) is 14.8 Å². The topological polar surface area (TPSA) is 56.7 Å². The minimum Gasteiger partial charge on any atom is -0.368 e. The predicted octanol–water partition coefficient (Wildman–Crippen LogP) is 0.970. The molecule has 12 heavy (non-hydrogen) atoms. The van der Waals surface area contributed by atoms with E-state index >= 15 is 0 Å². The second-order valence-electron chi connectivity index (χ2n) is 2.41. The van der Waals surface area contributed by atoms with Gasteiger partial charge >= 0.3 is 0 Å². The molecule has 0 atom stereocenters. The number of hydrogen-bond donors (Lipinski definition) is 1. The average Bonchev–Trinajstić information content (AvgIpc) is 2.65. The summed E-state index contributed by atoms with van der Waals surface area (Å²) < 4.78 is 1.67. The zero-order chi connectivity index (χ0) is 8.39. The number of anilines is 1. The standard InChI is InChI=1S/C7H8N4S/c8-7-9-5-10-11(7)3-6-1-2-12-4-6/h1-2,4-5H,3H2,(H2,8,9,10). The van der Waals surface area contributed by atoms with E-state index in [1.54, 1.807) is 16.0 Å². The first-order valence-electron chi connectivity index (χ1n) is 3.50. The number of aromatic nitrogens is 3. The van der Waals surface area contributed by atoms with Crippen molar-refractivity contribution in [3.63, 3.8) is 0 Å². The molecule has 2 aromatic rings. The summed E-state index contributed by atoms with van der Waals surface area (Å²) in [6.07, 6.45) is 1.46. The minimum atomic E-state index is 0.459. The molecule has 0 aromatic carbocycles. The fourth-order valence-corrected chi connectivity index (χ4v) is 1.61. The summed E-state index contributed by atoms with van der Waals surface area (Å²) >= 11 is 1.66. The predicted molar refractivity (Wildman–Crippen MR) is 47.9 cm³/mol. The van der Waals surface area contributed by atoms with Gasteiger partial charge in [-0.05, 0) is 22.4 Å². The first-order valence-corrected chi connectivity index (χ1v) is 4.45. The fourth-order valence-electron chi connectivity index (χ4n) is 0.950. The molecule has 4 nitrogen and oxygen atoms in total. The second kappa shape index (κ2) is 2.94. The molecule has 0 aliphatic heterocycles. The van der Waals surface area contributed by atoms with Gasteiger partial charge in [-0.15, -0.1) is 0 Å². The zero-order valence-electron chi connectivity index (χ0n) is 6.34. The molecule has 0 saturated heterocycles. The average molecular weight is 180 g/mol. The van der Waals surface area contributed by atoms with E-state index in [1.165, 1.54) is 11.9 Å². The highest BCUT2D eigenvalue weighted by atomic mass is 32.1. The largest absolute Gasteiger partial charge is 0.368 e. The van der Waals surface area contributed by atoms with Crippen LogP contribution in [0.1, 0.15) is 5.56 Å². The van der Waals surface area contributed by atoms with Crippen molar-refractivity contribution in [2.24, 2.45) is 0 Å². The van der Waals surface area contributed by atoms with Gasteiger partial charge in [0.15, 0.2) is 0 Å². The molecule has 2 N–H and O–H groups in total. The molecule has 62 valence electrons. The normalized spacial score (nSPS) is 10.3. The summed E-state index contributed by atoms with van der Waals surface area (Å²) in [6, 6.07) is 2.05. The smallest absolute Gasteiger partial charge is 0.218 e. The Morgan fingerprint density at radius 3 is 3.08 bits per heavy atom. The third kappa shape index (κ3) is 1.31. The molecule has 2 aromatic heterocycles. The van der Waals surface area contributed by atoms with Crippen molar-refractivity contribution in [2.45, 2.75) is 6.54 Å². The Labute approximate surface area is 73.7 Å². The molecule has 0 unspecified atom stereocenters. The molecule has 0 bridgehead atoms. The molecule has 2 rings (SSSR count). The second-order valence-corrected chi connectivity index (χ2v) is 3.19. The van der Waals surface area contributed by atoms with Gasteiger partial charge in [-0.3, -0.25) is 0 Å². The third-order valence-electron chi connectivity index (χ3n) is 1.56. The van der Waals surface area contributed by atoms with Gasteiger partial charge in [0.05, 0.1) is 6.54 Å². The van der Waals surface area contributed by atoms with Gasteiger partial charge in [0.2, 0.25) is 5.95 Å². The van der Waals surface area contributed by atoms with E-state index in [4.69, 9.17) is 5.73 Å². The van der Waals surface area contributed by atoms with Crippen LogP contribution in [0, 0.1) is 0 Å². The molecule has 0 fully saturated rings. The van der Waals surface area contributed by atoms with Gasteiger partial charge in [0, 0.05) is 0 Å². The van der Waals surface area contributed by atoms with Crippen molar-refractivity contribution in [3.8, 4) is 0 Å². The maximum Gasteiger partial charge on any atom is 0.218 e. The van der Waals surface area contributed by atoms with E-state index in [9.17, 15) is 0 Å². The summed E-state index contributed by atoms with van der Waals surface area (Å²) in [5.41, 5.74) is 6.76. The number of nitrogens with zero attached hydrogens (tertiary/aromatic N) is 3. The first-order chi connectivity index (χ1) is 5.86. The molecule has 0 saturated carbocycles. The SMILES string of the molecule is Nc1ncnn1Cc1ccsc1. The van der Waals surface area contributed by atoms with Gasteiger partial charge in [0.25, 0.3) is 0 Å². The van der Waals surface area contributed by atoms with Crippen molar-refractivity contribution >= 4 is 17.3 Å².